The molecule has 112 valence electrons. The van der Waals surface area contributed by atoms with E-state index in [1.54, 1.807) is 0 Å². The Morgan fingerprint density at radius 2 is 2.10 bits per heavy atom. The van der Waals surface area contributed by atoms with Crippen molar-refractivity contribution in [2.45, 2.75) is 39.3 Å². The van der Waals surface area contributed by atoms with Gasteiger partial charge in [0.1, 0.15) is 11.6 Å². The van der Waals surface area contributed by atoms with Gasteiger partial charge >= 0.3 is 0 Å². The summed E-state index contributed by atoms with van der Waals surface area (Å²) in [6, 6.07) is 2.94. The van der Waals surface area contributed by atoms with Gasteiger partial charge in [0.15, 0.2) is 0 Å². The number of anilines is 1. The normalized spacial score (nSPS) is 24.8. The van der Waals surface area contributed by atoms with Gasteiger partial charge in [-0.1, -0.05) is 20.3 Å². The van der Waals surface area contributed by atoms with Crippen LogP contribution < -0.4 is 10.2 Å². The van der Waals surface area contributed by atoms with Crippen molar-refractivity contribution in [3.05, 3.63) is 28.2 Å². The summed E-state index contributed by atoms with van der Waals surface area (Å²) in [6.07, 6.45) is 1.07. The summed E-state index contributed by atoms with van der Waals surface area (Å²) < 4.78 is 28.0. The Morgan fingerprint density at radius 3 is 2.75 bits per heavy atom. The summed E-state index contributed by atoms with van der Waals surface area (Å²) >= 11 is 3.02. The summed E-state index contributed by atoms with van der Waals surface area (Å²) in [5.41, 5.74) is 0.355. The molecule has 20 heavy (non-hydrogen) atoms. The molecule has 1 N–H and O–H groups in total. The van der Waals surface area contributed by atoms with Crippen LogP contribution >= 0.6 is 15.9 Å². The number of benzene rings is 1. The number of nitrogens with zero attached hydrogens (tertiary/aromatic N) is 1. The fourth-order valence-corrected chi connectivity index (χ4v) is 2.94. The van der Waals surface area contributed by atoms with Gasteiger partial charge in [0, 0.05) is 31.2 Å². The summed E-state index contributed by atoms with van der Waals surface area (Å²) in [6.45, 7) is 7.85. The first kappa shape index (κ1) is 15.7. The molecule has 0 amide bonds. The quantitative estimate of drug-likeness (QED) is 0.834. The predicted octanol–water partition coefficient (Wildman–Crippen LogP) is 3.94. The lowest BCUT2D eigenvalue weighted by Crippen LogP contribution is -2.57. The van der Waals surface area contributed by atoms with Gasteiger partial charge in [0.05, 0.1) is 10.2 Å². The van der Waals surface area contributed by atoms with Crippen LogP contribution in [0.1, 0.15) is 27.2 Å². The van der Waals surface area contributed by atoms with E-state index in [2.05, 4.69) is 35.1 Å². The lowest BCUT2D eigenvalue weighted by molar-refractivity contribution is 0.314. The van der Waals surface area contributed by atoms with Crippen LogP contribution in [-0.2, 0) is 0 Å². The van der Waals surface area contributed by atoms with E-state index in [1.165, 1.54) is 12.1 Å². The van der Waals surface area contributed by atoms with Crippen molar-refractivity contribution < 1.29 is 8.78 Å². The second kappa shape index (κ2) is 6.39. The maximum atomic E-state index is 14.1. The Hall–Kier alpha value is -0.680. The summed E-state index contributed by atoms with van der Waals surface area (Å²) in [5, 5.41) is 3.50. The molecule has 0 aromatic heterocycles. The van der Waals surface area contributed by atoms with E-state index in [0.717, 1.165) is 13.0 Å². The third-order valence-corrected chi connectivity index (χ3v) is 4.84. The molecule has 1 aromatic carbocycles. The summed E-state index contributed by atoms with van der Waals surface area (Å²) in [7, 11) is 0. The topological polar surface area (TPSA) is 15.3 Å². The van der Waals surface area contributed by atoms with Gasteiger partial charge in [-0.15, -0.1) is 0 Å². The van der Waals surface area contributed by atoms with Gasteiger partial charge in [-0.25, -0.2) is 8.78 Å². The van der Waals surface area contributed by atoms with Crippen LogP contribution in [0.4, 0.5) is 14.5 Å². The Labute approximate surface area is 127 Å². The van der Waals surface area contributed by atoms with Gasteiger partial charge in [0.25, 0.3) is 0 Å². The Kier molecular flexibility index (Phi) is 5.02. The van der Waals surface area contributed by atoms with E-state index in [0.29, 0.717) is 24.2 Å². The fourth-order valence-electron chi connectivity index (χ4n) is 2.62. The highest BCUT2D eigenvalue weighted by Crippen LogP contribution is 2.29. The molecule has 0 bridgehead atoms. The van der Waals surface area contributed by atoms with E-state index in [4.69, 9.17) is 0 Å². The Morgan fingerprint density at radius 1 is 1.40 bits per heavy atom. The second-order valence-electron chi connectivity index (χ2n) is 5.62. The van der Waals surface area contributed by atoms with Crippen molar-refractivity contribution in [3.63, 3.8) is 0 Å². The number of rotatable bonds is 3. The zero-order valence-electron chi connectivity index (χ0n) is 12.1. The van der Waals surface area contributed by atoms with Crippen LogP contribution in [0.3, 0.4) is 0 Å². The second-order valence-corrected chi connectivity index (χ2v) is 6.47. The lowest BCUT2D eigenvalue weighted by Gasteiger charge is -2.42. The molecule has 1 fully saturated rings. The minimum atomic E-state index is -0.424. The van der Waals surface area contributed by atoms with E-state index < -0.39 is 5.82 Å². The average Bonchev–Trinajstić information content (AvgIpc) is 2.43. The number of halogens is 3. The molecular formula is C15H21BrF2N2. The van der Waals surface area contributed by atoms with Gasteiger partial charge in [-0.05, 0) is 34.8 Å². The molecule has 1 aliphatic heterocycles. The molecule has 0 radical (unpaired) electrons. The molecule has 1 saturated heterocycles. The van der Waals surface area contributed by atoms with Crippen LogP contribution in [0.2, 0.25) is 0 Å². The summed E-state index contributed by atoms with van der Waals surface area (Å²) in [4.78, 5) is 1.97. The molecule has 0 spiro atoms. The highest BCUT2D eigenvalue weighted by Gasteiger charge is 2.29. The predicted molar refractivity (Wildman–Crippen MR) is 82.1 cm³/mol. The molecule has 1 heterocycles. The largest absolute Gasteiger partial charge is 0.364 e. The van der Waals surface area contributed by atoms with Gasteiger partial charge in [0.2, 0.25) is 0 Å². The number of piperazine rings is 1. The molecule has 0 saturated carbocycles. The maximum absolute atomic E-state index is 14.1. The first-order chi connectivity index (χ1) is 9.43. The van der Waals surface area contributed by atoms with Crippen LogP contribution in [0.25, 0.3) is 0 Å². The number of nitrogens with one attached hydrogen (secondary N) is 1. The first-order valence-corrected chi connectivity index (χ1v) is 7.87. The van der Waals surface area contributed by atoms with Crippen LogP contribution in [-0.4, -0.2) is 25.2 Å². The first-order valence-electron chi connectivity index (χ1n) is 7.08. The van der Waals surface area contributed by atoms with Gasteiger partial charge in [-0.2, -0.15) is 0 Å². The third kappa shape index (κ3) is 3.14. The third-order valence-electron chi connectivity index (χ3n) is 4.23. The fraction of sp³-hybridized carbons (Fsp3) is 0.600. The lowest BCUT2D eigenvalue weighted by atomic mass is 9.95. The van der Waals surface area contributed by atoms with E-state index in [1.807, 2.05) is 11.8 Å². The van der Waals surface area contributed by atoms with Crippen molar-refractivity contribution in [2.24, 2.45) is 5.92 Å². The molecule has 2 rings (SSSR count). The molecule has 3 unspecified atom stereocenters. The zero-order chi connectivity index (χ0) is 14.9. The van der Waals surface area contributed by atoms with Crippen molar-refractivity contribution in [1.29, 1.82) is 0 Å². The monoisotopic (exact) mass is 346 g/mol. The minimum absolute atomic E-state index is 0.144. The number of hydrogen-bond donors (Lipinski definition) is 1. The molecule has 0 aliphatic carbocycles. The molecule has 2 nitrogen and oxygen atoms in total. The van der Waals surface area contributed by atoms with Gasteiger partial charge in [-0.3, -0.25) is 0 Å². The van der Waals surface area contributed by atoms with Gasteiger partial charge < -0.3 is 10.2 Å². The Balaban J connectivity index is 2.27. The Bertz CT molecular complexity index is 481. The highest BCUT2D eigenvalue weighted by molar-refractivity contribution is 9.10. The van der Waals surface area contributed by atoms with E-state index in [9.17, 15) is 8.78 Å². The van der Waals surface area contributed by atoms with Crippen molar-refractivity contribution in [2.75, 3.05) is 18.0 Å². The molecule has 5 heteroatoms. The number of hydrogen-bond acceptors (Lipinski definition) is 2. The molecular weight excluding hydrogens is 326 g/mol. The highest BCUT2D eigenvalue weighted by atomic mass is 79.9. The average molecular weight is 347 g/mol. The SMILES string of the molecule is CCC(C)C1CN(c2cc(F)c(Br)cc2F)C(C)CN1. The molecule has 1 aromatic rings. The minimum Gasteiger partial charge on any atom is -0.364 e. The smallest absolute Gasteiger partial charge is 0.147 e. The zero-order valence-corrected chi connectivity index (χ0v) is 13.7. The van der Waals surface area contributed by atoms with E-state index >= 15 is 0 Å². The molecule has 1 aliphatic rings. The standard InChI is InChI=1S/C15H21BrF2N2/c1-4-9(2)14-8-20(10(3)7-19-14)15-6-12(17)11(16)5-13(15)18/h5-6,9-10,14,19H,4,7-8H2,1-3H3. The van der Waals surface area contributed by atoms with Crippen molar-refractivity contribution in [1.82, 2.24) is 5.32 Å². The van der Waals surface area contributed by atoms with Crippen LogP contribution in [0, 0.1) is 17.6 Å². The van der Waals surface area contributed by atoms with Crippen molar-refractivity contribution in [3.8, 4) is 0 Å². The van der Waals surface area contributed by atoms with Crippen LogP contribution in [0.15, 0.2) is 16.6 Å². The summed E-state index contributed by atoms with van der Waals surface area (Å²) in [5.74, 6) is -0.296. The van der Waals surface area contributed by atoms with E-state index in [-0.39, 0.29) is 16.3 Å². The molecule has 3 atom stereocenters. The maximum Gasteiger partial charge on any atom is 0.147 e. The van der Waals surface area contributed by atoms with Crippen LogP contribution in [0.5, 0.6) is 0 Å². The van der Waals surface area contributed by atoms with Crippen molar-refractivity contribution >= 4 is 21.6 Å².